The molecule has 0 atom stereocenters. The van der Waals surface area contributed by atoms with Gasteiger partial charge in [0.15, 0.2) is 0 Å². The summed E-state index contributed by atoms with van der Waals surface area (Å²) in [7, 11) is 0. The largest absolute Gasteiger partial charge is 0.326 e. The molecule has 1 aliphatic heterocycles. The molecular weight excluding hydrogens is 188 g/mol. The fraction of sp³-hybridized carbons (Fsp3) is 0.417. The second-order valence-corrected chi connectivity index (χ2v) is 3.21. The van der Waals surface area contributed by atoms with E-state index in [1.807, 2.05) is 44.2 Å². The maximum Gasteiger partial charge on any atom is 0.230 e. The van der Waals surface area contributed by atoms with Crippen LogP contribution in [0.3, 0.4) is 0 Å². The summed E-state index contributed by atoms with van der Waals surface area (Å²) < 4.78 is 0. The van der Waals surface area contributed by atoms with Crippen LogP contribution in [0.25, 0.3) is 0 Å². The molecular formula is C12H18N2O. The average Bonchev–Trinajstić information content (AvgIpc) is 2.19. The van der Waals surface area contributed by atoms with Crippen LogP contribution < -0.4 is 10.6 Å². The Bertz CT molecular complexity index is 294. The number of carbonyl (C=O) groups excluding carboxylic acids is 1. The van der Waals surface area contributed by atoms with Gasteiger partial charge in [-0.2, -0.15) is 0 Å². The summed E-state index contributed by atoms with van der Waals surface area (Å²) in [4.78, 5) is 11.4. The topological polar surface area (TPSA) is 41.1 Å². The van der Waals surface area contributed by atoms with E-state index >= 15 is 0 Å². The maximum atomic E-state index is 11.4. The predicted octanol–water partition coefficient (Wildman–Crippen LogP) is 1.87. The number of hydrogen-bond acceptors (Lipinski definition) is 2. The van der Waals surface area contributed by atoms with Gasteiger partial charge in [-0.1, -0.05) is 32.0 Å². The summed E-state index contributed by atoms with van der Waals surface area (Å²) in [5.74, 6) is 0.269. The third-order valence-corrected chi connectivity index (χ3v) is 2.19. The lowest BCUT2D eigenvalue weighted by atomic mass is 10.0. The first-order valence-electron chi connectivity index (χ1n) is 5.43. The zero-order chi connectivity index (χ0) is 11.1. The molecule has 0 saturated carbocycles. The standard InChI is InChI=1S/C10H12N2O.C2H6/c13-10(8-6-11-7-8)12-9-4-2-1-3-5-9;1-2/h1-5,8,11H,6-7H2,(H,12,13);1-2H3. The Morgan fingerprint density at radius 1 is 1.27 bits per heavy atom. The fourth-order valence-corrected chi connectivity index (χ4v) is 1.24. The first kappa shape index (κ1) is 11.7. The van der Waals surface area contributed by atoms with Gasteiger partial charge in [-0.05, 0) is 12.1 Å². The number of anilines is 1. The number of benzene rings is 1. The lowest BCUT2D eigenvalue weighted by molar-refractivity contribution is -0.121. The average molecular weight is 206 g/mol. The molecule has 1 aromatic carbocycles. The molecule has 1 fully saturated rings. The predicted molar refractivity (Wildman–Crippen MR) is 62.8 cm³/mol. The quantitative estimate of drug-likeness (QED) is 0.775. The van der Waals surface area contributed by atoms with Crippen molar-refractivity contribution in [3.05, 3.63) is 30.3 Å². The zero-order valence-electron chi connectivity index (χ0n) is 9.29. The fourth-order valence-electron chi connectivity index (χ4n) is 1.24. The monoisotopic (exact) mass is 206 g/mol. The normalized spacial score (nSPS) is 14.5. The van der Waals surface area contributed by atoms with E-state index in [9.17, 15) is 4.79 Å². The number of hydrogen-bond donors (Lipinski definition) is 2. The van der Waals surface area contributed by atoms with Crippen molar-refractivity contribution < 1.29 is 4.79 Å². The van der Waals surface area contributed by atoms with Crippen LogP contribution in [-0.2, 0) is 4.79 Å². The first-order chi connectivity index (χ1) is 7.36. The van der Waals surface area contributed by atoms with Crippen LogP contribution in [0.15, 0.2) is 30.3 Å². The molecule has 1 heterocycles. The van der Waals surface area contributed by atoms with Gasteiger partial charge in [-0.15, -0.1) is 0 Å². The molecule has 82 valence electrons. The number of amides is 1. The minimum absolute atomic E-state index is 0.116. The van der Waals surface area contributed by atoms with E-state index < -0.39 is 0 Å². The Kier molecular flexibility index (Phi) is 4.84. The van der Waals surface area contributed by atoms with Crippen molar-refractivity contribution in [3.63, 3.8) is 0 Å². The summed E-state index contributed by atoms with van der Waals surface area (Å²) >= 11 is 0. The summed E-state index contributed by atoms with van der Waals surface area (Å²) in [5, 5.41) is 5.93. The minimum atomic E-state index is 0.116. The van der Waals surface area contributed by atoms with Gasteiger partial charge in [0.05, 0.1) is 5.92 Å². The number of carbonyl (C=O) groups is 1. The van der Waals surface area contributed by atoms with Crippen LogP contribution in [-0.4, -0.2) is 19.0 Å². The molecule has 1 aliphatic rings. The Balaban J connectivity index is 0.000000531. The van der Waals surface area contributed by atoms with Gasteiger partial charge in [0.25, 0.3) is 0 Å². The lowest BCUT2D eigenvalue weighted by Gasteiger charge is -2.25. The Hall–Kier alpha value is -1.35. The van der Waals surface area contributed by atoms with Crippen LogP contribution in [0.2, 0.25) is 0 Å². The van der Waals surface area contributed by atoms with Crippen molar-refractivity contribution in [1.82, 2.24) is 5.32 Å². The van der Waals surface area contributed by atoms with E-state index in [1.54, 1.807) is 0 Å². The SMILES string of the molecule is CC.O=C(Nc1ccccc1)C1CNC1. The van der Waals surface area contributed by atoms with E-state index in [2.05, 4.69) is 10.6 Å². The Morgan fingerprint density at radius 3 is 2.33 bits per heavy atom. The van der Waals surface area contributed by atoms with Gasteiger partial charge >= 0.3 is 0 Å². The molecule has 0 radical (unpaired) electrons. The van der Waals surface area contributed by atoms with Gasteiger partial charge in [-0.3, -0.25) is 4.79 Å². The Morgan fingerprint density at radius 2 is 1.87 bits per heavy atom. The molecule has 0 aromatic heterocycles. The molecule has 2 rings (SSSR count). The van der Waals surface area contributed by atoms with Crippen LogP contribution in [0, 0.1) is 5.92 Å². The number of nitrogens with one attached hydrogen (secondary N) is 2. The maximum absolute atomic E-state index is 11.4. The van der Waals surface area contributed by atoms with Crippen molar-refractivity contribution in [2.24, 2.45) is 5.92 Å². The summed E-state index contributed by atoms with van der Waals surface area (Å²) in [6.07, 6.45) is 0. The molecule has 1 aromatic rings. The molecule has 15 heavy (non-hydrogen) atoms. The summed E-state index contributed by atoms with van der Waals surface area (Å²) in [5.41, 5.74) is 0.874. The molecule has 1 saturated heterocycles. The summed E-state index contributed by atoms with van der Waals surface area (Å²) in [6.45, 7) is 5.61. The molecule has 0 bridgehead atoms. The molecule has 1 amide bonds. The van der Waals surface area contributed by atoms with Crippen LogP contribution >= 0.6 is 0 Å². The van der Waals surface area contributed by atoms with Crippen molar-refractivity contribution in [2.75, 3.05) is 18.4 Å². The van der Waals surface area contributed by atoms with Crippen LogP contribution in [0.5, 0.6) is 0 Å². The molecule has 0 aliphatic carbocycles. The third kappa shape index (κ3) is 3.36. The first-order valence-corrected chi connectivity index (χ1v) is 5.43. The molecule has 0 unspecified atom stereocenters. The Labute approximate surface area is 90.9 Å². The van der Waals surface area contributed by atoms with Gasteiger partial charge in [-0.25, -0.2) is 0 Å². The number of para-hydroxylation sites is 1. The second-order valence-electron chi connectivity index (χ2n) is 3.21. The highest BCUT2D eigenvalue weighted by molar-refractivity contribution is 5.93. The van der Waals surface area contributed by atoms with E-state index in [-0.39, 0.29) is 11.8 Å². The van der Waals surface area contributed by atoms with Crippen molar-refractivity contribution in [1.29, 1.82) is 0 Å². The zero-order valence-corrected chi connectivity index (χ0v) is 9.29. The van der Waals surface area contributed by atoms with Crippen molar-refractivity contribution >= 4 is 11.6 Å². The highest BCUT2D eigenvalue weighted by Gasteiger charge is 2.24. The van der Waals surface area contributed by atoms with Gasteiger partial charge in [0.2, 0.25) is 5.91 Å². The smallest absolute Gasteiger partial charge is 0.230 e. The number of rotatable bonds is 2. The lowest BCUT2D eigenvalue weighted by Crippen LogP contribution is -2.48. The van der Waals surface area contributed by atoms with Gasteiger partial charge < -0.3 is 10.6 Å². The third-order valence-electron chi connectivity index (χ3n) is 2.19. The van der Waals surface area contributed by atoms with Gasteiger partial charge in [0.1, 0.15) is 0 Å². The molecule has 0 spiro atoms. The van der Waals surface area contributed by atoms with Crippen molar-refractivity contribution in [3.8, 4) is 0 Å². The highest BCUT2D eigenvalue weighted by Crippen LogP contribution is 2.09. The van der Waals surface area contributed by atoms with E-state index in [0.717, 1.165) is 18.8 Å². The molecule has 3 heteroatoms. The minimum Gasteiger partial charge on any atom is -0.326 e. The highest BCUT2D eigenvalue weighted by atomic mass is 16.2. The van der Waals surface area contributed by atoms with E-state index in [0.29, 0.717) is 0 Å². The van der Waals surface area contributed by atoms with E-state index in [1.165, 1.54) is 0 Å². The van der Waals surface area contributed by atoms with Crippen LogP contribution in [0.4, 0.5) is 5.69 Å². The van der Waals surface area contributed by atoms with Crippen LogP contribution in [0.1, 0.15) is 13.8 Å². The molecule has 2 N–H and O–H groups in total. The van der Waals surface area contributed by atoms with Gasteiger partial charge in [0, 0.05) is 18.8 Å². The van der Waals surface area contributed by atoms with Crippen molar-refractivity contribution in [2.45, 2.75) is 13.8 Å². The molecule has 3 nitrogen and oxygen atoms in total. The van der Waals surface area contributed by atoms with E-state index in [4.69, 9.17) is 0 Å². The summed E-state index contributed by atoms with van der Waals surface area (Å²) in [6, 6.07) is 9.54. The second kappa shape index (κ2) is 6.19.